The largest absolute Gasteiger partial charge is 0.397 e. The number of amides is 1. The number of benzene rings is 2. The molecular formula is C20H18FN5O. The van der Waals surface area contributed by atoms with Crippen LogP contribution in [0.4, 0.5) is 15.8 Å². The first-order chi connectivity index (χ1) is 13.1. The fraction of sp³-hybridized carbons (Fsp3) is 0.150. The zero-order valence-corrected chi connectivity index (χ0v) is 14.5. The molecule has 0 aliphatic carbocycles. The minimum atomic E-state index is -0.317. The lowest BCUT2D eigenvalue weighted by atomic mass is 10.1. The molecular weight excluding hydrogens is 345 g/mol. The molecule has 1 atom stereocenters. The summed E-state index contributed by atoms with van der Waals surface area (Å²) in [5.41, 5.74) is 8.24. The Morgan fingerprint density at radius 3 is 2.96 bits per heavy atom. The van der Waals surface area contributed by atoms with Crippen molar-refractivity contribution in [2.75, 3.05) is 17.6 Å². The summed E-state index contributed by atoms with van der Waals surface area (Å²) in [4.78, 5) is 16.5. The summed E-state index contributed by atoms with van der Waals surface area (Å²) in [7, 11) is 0. The Morgan fingerprint density at radius 1 is 1.30 bits per heavy atom. The number of nitrogens with zero attached hydrogens (tertiary/aromatic N) is 3. The summed E-state index contributed by atoms with van der Waals surface area (Å²) in [6.45, 7) is 1.07. The van der Waals surface area contributed by atoms with E-state index in [4.69, 9.17) is 5.73 Å². The van der Waals surface area contributed by atoms with Crippen molar-refractivity contribution in [2.24, 2.45) is 10.9 Å². The van der Waals surface area contributed by atoms with Gasteiger partial charge < -0.3 is 11.1 Å². The van der Waals surface area contributed by atoms with Crippen LogP contribution < -0.4 is 11.1 Å². The van der Waals surface area contributed by atoms with Crippen LogP contribution in [0.1, 0.15) is 10.4 Å². The van der Waals surface area contributed by atoms with Gasteiger partial charge in [0, 0.05) is 36.2 Å². The molecule has 4 rings (SSSR count). The zero-order chi connectivity index (χ0) is 18.8. The number of aliphatic imine (C=N–C) groups is 1. The summed E-state index contributed by atoms with van der Waals surface area (Å²) >= 11 is 0. The van der Waals surface area contributed by atoms with Gasteiger partial charge in [0.15, 0.2) is 0 Å². The number of hydrogen-bond acceptors (Lipinski definition) is 4. The van der Waals surface area contributed by atoms with E-state index in [1.54, 1.807) is 41.1 Å². The lowest BCUT2D eigenvalue weighted by Crippen LogP contribution is -2.15. The fourth-order valence-corrected chi connectivity index (χ4v) is 3.06. The van der Waals surface area contributed by atoms with Gasteiger partial charge in [-0.25, -0.2) is 4.39 Å². The van der Waals surface area contributed by atoms with Gasteiger partial charge in [-0.05, 0) is 36.4 Å². The molecule has 0 fully saturated rings. The third kappa shape index (κ3) is 3.72. The number of para-hydroxylation sites is 2. The summed E-state index contributed by atoms with van der Waals surface area (Å²) in [6, 6.07) is 12.4. The van der Waals surface area contributed by atoms with E-state index in [-0.39, 0.29) is 17.7 Å². The molecule has 0 bridgehead atoms. The molecule has 0 saturated heterocycles. The van der Waals surface area contributed by atoms with Crippen LogP contribution in [0, 0.1) is 5.92 Å². The molecule has 6 nitrogen and oxygen atoms in total. The second-order valence-corrected chi connectivity index (χ2v) is 6.47. The number of carbonyl (C=O) groups is 1. The van der Waals surface area contributed by atoms with Crippen LogP contribution in [0.25, 0.3) is 10.9 Å². The van der Waals surface area contributed by atoms with Crippen molar-refractivity contribution in [1.29, 1.82) is 0 Å². The van der Waals surface area contributed by atoms with Crippen molar-refractivity contribution in [1.82, 2.24) is 9.78 Å². The van der Waals surface area contributed by atoms with Gasteiger partial charge in [0.2, 0.25) is 0 Å². The third-order valence-corrected chi connectivity index (χ3v) is 4.39. The van der Waals surface area contributed by atoms with Gasteiger partial charge in [0.05, 0.1) is 23.1 Å². The minimum absolute atomic E-state index is 0.0341. The molecule has 136 valence electrons. The van der Waals surface area contributed by atoms with Gasteiger partial charge in [0.1, 0.15) is 5.83 Å². The first-order valence-electron chi connectivity index (χ1n) is 8.59. The fourth-order valence-electron chi connectivity index (χ4n) is 3.06. The average Bonchev–Trinajstić information content (AvgIpc) is 3.05. The van der Waals surface area contributed by atoms with Gasteiger partial charge in [-0.2, -0.15) is 5.10 Å². The monoisotopic (exact) mass is 363 g/mol. The Kier molecular flexibility index (Phi) is 4.42. The molecule has 1 aliphatic rings. The van der Waals surface area contributed by atoms with Gasteiger partial charge in [-0.3, -0.25) is 14.5 Å². The highest BCUT2D eigenvalue weighted by Crippen LogP contribution is 2.20. The van der Waals surface area contributed by atoms with Crippen LogP contribution in [-0.2, 0) is 6.54 Å². The standard InChI is InChI=1S/C20H18FN5O/c21-16-7-13(9-23-10-16)11-26-12-15-8-14(5-6-18(15)25-26)20(27)24-19-4-2-1-3-17(19)22/h1-8,10,12-13H,9,11,22H2,(H,24,27). The van der Waals surface area contributed by atoms with Gasteiger partial charge in [0.25, 0.3) is 5.91 Å². The lowest BCUT2D eigenvalue weighted by Gasteiger charge is -2.12. The van der Waals surface area contributed by atoms with E-state index in [2.05, 4.69) is 15.4 Å². The van der Waals surface area contributed by atoms with Crippen molar-refractivity contribution in [3.8, 4) is 0 Å². The van der Waals surface area contributed by atoms with Crippen LogP contribution in [0.3, 0.4) is 0 Å². The highest BCUT2D eigenvalue weighted by molar-refractivity contribution is 6.07. The van der Waals surface area contributed by atoms with Gasteiger partial charge >= 0.3 is 0 Å². The number of dihydropyridines is 1. The number of carbonyl (C=O) groups excluding carboxylic acids is 1. The number of halogens is 1. The molecule has 2 heterocycles. The Morgan fingerprint density at radius 2 is 2.15 bits per heavy atom. The molecule has 1 aliphatic heterocycles. The summed E-state index contributed by atoms with van der Waals surface area (Å²) in [5, 5.41) is 8.14. The molecule has 0 saturated carbocycles. The number of hydrogen-bond donors (Lipinski definition) is 2. The van der Waals surface area contributed by atoms with Gasteiger partial charge in [-0.1, -0.05) is 12.1 Å². The van der Waals surface area contributed by atoms with Crippen molar-refractivity contribution >= 4 is 34.4 Å². The van der Waals surface area contributed by atoms with E-state index in [1.807, 2.05) is 18.3 Å². The molecule has 2 aromatic carbocycles. The molecule has 1 unspecified atom stereocenters. The first-order valence-corrected chi connectivity index (χ1v) is 8.59. The van der Waals surface area contributed by atoms with Crippen molar-refractivity contribution < 1.29 is 9.18 Å². The molecule has 3 N–H and O–H groups in total. The number of anilines is 2. The molecule has 7 heteroatoms. The van der Waals surface area contributed by atoms with Crippen LogP contribution >= 0.6 is 0 Å². The van der Waals surface area contributed by atoms with Crippen molar-refractivity contribution in [2.45, 2.75) is 6.54 Å². The highest BCUT2D eigenvalue weighted by Gasteiger charge is 2.14. The molecule has 0 spiro atoms. The van der Waals surface area contributed by atoms with E-state index >= 15 is 0 Å². The molecule has 1 aromatic heterocycles. The summed E-state index contributed by atoms with van der Waals surface area (Å²) in [6.07, 6.45) is 4.65. The number of nitrogens with one attached hydrogen (secondary N) is 1. The molecule has 0 radical (unpaired) electrons. The topological polar surface area (TPSA) is 85.3 Å². The van der Waals surface area contributed by atoms with E-state index in [1.165, 1.54) is 6.21 Å². The molecule has 3 aromatic rings. The van der Waals surface area contributed by atoms with E-state index in [0.717, 1.165) is 10.9 Å². The van der Waals surface area contributed by atoms with Crippen LogP contribution in [0.15, 0.2) is 65.6 Å². The number of aromatic nitrogens is 2. The second kappa shape index (κ2) is 7.03. The predicted octanol–water partition coefficient (Wildman–Crippen LogP) is 3.42. The summed E-state index contributed by atoms with van der Waals surface area (Å²) < 4.78 is 15.1. The highest BCUT2D eigenvalue weighted by atomic mass is 19.1. The average molecular weight is 363 g/mol. The minimum Gasteiger partial charge on any atom is -0.397 e. The Balaban J connectivity index is 1.53. The Labute approximate surface area is 155 Å². The molecule has 1 amide bonds. The van der Waals surface area contributed by atoms with Crippen molar-refractivity contribution in [3.05, 3.63) is 66.1 Å². The van der Waals surface area contributed by atoms with Crippen molar-refractivity contribution in [3.63, 3.8) is 0 Å². The lowest BCUT2D eigenvalue weighted by molar-refractivity contribution is 0.102. The van der Waals surface area contributed by atoms with Crippen LogP contribution in [0.2, 0.25) is 0 Å². The smallest absolute Gasteiger partial charge is 0.255 e. The Bertz CT molecular complexity index is 1070. The van der Waals surface area contributed by atoms with E-state index < -0.39 is 0 Å². The van der Waals surface area contributed by atoms with Crippen LogP contribution in [-0.4, -0.2) is 28.4 Å². The quantitative estimate of drug-likeness (QED) is 0.697. The van der Waals surface area contributed by atoms with E-state index in [9.17, 15) is 9.18 Å². The number of rotatable bonds is 4. The predicted molar refractivity (Wildman–Crippen MR) is 105 cm³/mol. The SMILES string of the molecule is Nc1ccccc1NC(=O)c1ccc2nn(CC3C=C(F)C=NC3)cc2c1. The normalized spacial score (nSPS) is 16.3. The van der Waals surface area contributed by atoms with Crippen LogP contribution in [0.5, 0.6) is 0 Å². The van der Waals surface area contributed by atoms with E-state index in [0.29, 0.717) is 30.0 Å². The third-order valence-electron chi connectivity index (χ3n) is 4.39. The number of nitrogen functional groups attached to an aromatic ring is 1. The molecule has 27 heavy (non-hydrogen) atoms. The zero-order valence-electron chi connectivity index (χ0n) is 14.5. The maximum absolute atomic E-state index is 13.3. The number of allylic oxidation sites excluding steroid dienone is 1. The second-order valence-electron chi connectivity index (χ2n) is 6.47. The number of fused-ring (bicyclic) bond motifs is 1. The maximum Gasteiger partial charge on any atom is 0.255 e. The number of nitrogens with two attached hydrogens (primary N) is 1. The maximum atomic E-state index is 13.3. The Hall–Kier alpha value is -3.48. The summed E-state index contributed by atoms with van der Waals surface area (Å²) in [5.74, 6) is -0.593. The first kappa shape index (κ1) is 17.0. The van der Waals surface area contributed by atoms with Gasteiger partial charge in [-0.15, -0.1) is 0 Å².